The van der Waals surface area contributed by atoms with Crippen molar-refractivity contribution >= 4 is 23.2 Å². The van der Waals surface area contributed by atoms with E-state index in [1.807, 2.05) is 6.92 Å². The van der Waals surface area contributed by atoms with E-state index in [0.717, 1.165) is 38.4 Å². The summed E-state index contributed by atoms with van der Waals surface area (Å²) in [6.07, 6.45) is 9.57. The molecule has 1 saturated heterocycles. The van der Waals surface area contributed by atoms with E-state index in [0.29, 0.717) is 30.0 Å². The summed E-state index contributed by atoms with van der Waals surface area (Å²) in [5.74, 6) is 0.670. The molecule has 3 aromatic rings. The Balaban J connectivity index is 1.28. The highest BCUT2D eigenvalue weighted by atomic mass is 19.1. The molecule has 0 bridgehead atoms. The third kappa shape index (κ3) is 4.96. The number of amides is 1. The van der Waals surface area contributed by atoms with Gasteiger partial charge in [0.15, 0.2) is 11.5 Å². The zero-order valence-corrected chi connectivity index (χ0v) is 19.6. The Morgan fingerprint density at radius 2 is 2.00 bits per heavy atom. The molecule has 0 radical (unpaired) electrons. The highest BCUT2D eigenvalue weighted by Crippen LogP contribution is 2.28. The van der Waals surface area contributed by atoms with Crippen LogP contribution in [0.5, 0.6) is 5.88 Å². The predicted octanol–water partition coefficient (Wildman–Crippen LogP) is 3.19. The van der Waals surface area contributed by atoms with Crippen molar-refractivity contribution in [1.82, 2.24) is 24.7 Å². The first-order chi connectivity index (χ1) is 16.5. The molecule has 4 heterocycles. The Labute approximate surface area is 197 Å². The van der Waals surface area contributed by atoms with Gasteiger partial charge >= 0.3 is 0 Å². The number of pyridine rings is 1. The molecular formula is C24H30FN7O2. The van der Waals surface area contributed by atoms with Crippen LogP contribution >= 0.6 is 0 Å². The third-order valence-corrected chi connectivity index (χ3v) is 6.32. The first kappa shape index (κ1) is 22.5. The molecule has 10 heteroatoms. The topological polar surface area (TPSA) is 96.7 Å². The molecule has 2 aliphatic rings. The van der Waals surface area contributed by atoms with Crippen LogP contribution in [0.15, 0.2) is 24.7 Å². The lowest BCUT2D eigenvalue weighted by Gasteiger charge is -2.32. The van der Waals surface area contributed by atoms with E-state index in [1.54, 1.807) is 23.7 Å². The fourth-order valence-corrected chi connectivity index (χ4v) is 4.30. The standard InChI is InChI=1S/C24H30FN7O2/c1-3-34-23-19(22(33)29-18-10-20(25)21-28-15(2)13-32(21)14-18)12-27-24(30-23)31-8-6-17(7-9-31)26-11-16-4-5-16/h10,12-14,16-17,26H,3-9,11H2,1-2H3,(H,29,33). The smallest absolute Gasteiger partial charge is 0.262 e. The van der Waals surface area contributed by atoms with Crippen LogP contribution in [-0.4, -0.2) is 57.5 Å². The van der Waals surface area contributed by atoms with E-state index in [-0.39, 0.29) is 17.1 Å². The van der Waals surface area contributed by atoms with Gasteiger partial charge in [-0.3, -0.25) is 4.79 Å². The largest absolute Gasteiger partial charge is 0.477 e. The molecule has 5 rings (SSSR count). The molecule has 1 aliphatic carbocycles. The number of aromatic nitrogens is 4. The second-order valence-electron chi connectivity index (χ2n) is 9.08. The van der Waals surface area contributed by atoms with E-state index in [1.165, 1.54) is 25.1 Å². The van der Waals surface area contributed by atoms with Gasteiger partial charge in [-0.05, 0) is 52.0 Å². The number of carbonyl (C=O) groups is 1. The lowest BCUT2D eigenvalue weighted by atomic mass is 10.1. The van der Waals surface area contributed by atoms with Crippen LogP contribution in [0.3, 0.4) is 0 Å². The molecule has 34 heavy (non-hydrogen) atoms. The first-order valence-corrected chi connectivity index (χ1v) is 11.9. The number of nitrogens with zero attached hydrogens (tertiary/aromatic N) is 5. The summed E-state index contributed by atoms with van der Waals surface area (Å²) in [4.78, 5) is 28.3. The summed E-state index contributed by atoms with van der Waals surface area (Å²) in [5.41, 5.74) is 1.41. The minimum atomic E-state index is -0.516. The van der Waals surface area contributed by atoms with Gasteiger partial charge in [0.1, 0.15) is 5.56 Å². The molecule has 9 nitrogen and oxygen atoms in total. The van der Waals surface area contributed by atoms with Crippen LogP contribution in [-0.2, 0) is 0 Å². The van der Waals surface area contributed by atoms with Crippen molar-refractivity contribution in [3.63, 3.8) is 0 Å². The minimum Gasteiger partial charge on any atom is -0.477 e. The number of carbonyl (C=O) groups excluding carboxylic acids is 1. The number of fused-ring (bicyclic) bond motifs is 1. The minimum absolute atomic E-state index is 0.203. The predicted molar refractivity (Wildman–Crippen MR) is 127 cm³/mol. The quantitative estimate of drug-likeness (QED) is 0.525. The first-order valence-electron chi connectivity index (χ1n) is 11.9. The van der Waals surface area contributed by atoms with Crippen molar-refractivity contribution in [2.45, 2.75) is 45.6 Å². The van der Waals surface area contributed by atoms with Crippen LogP contribution < -0.4 is 20.3 Å². The lowest BCUT2D eigenvalue weighted by Crippen LogP contribution is -2.43. The molecule has 2 fully saturated rings. The maximum Gasteiger partial charge on any atom is 0.262 e. The molecule has 1 aliphatic heterocycles. The monoisotopic (exact) mass is 467 g/mol. The van der Waals surface area contributed by atoms with Crippen LogP contribution in [0, 0.1) is 18.7 Å². The Morgan fingerprint density at radius 3 is 2.74 bits per heavy atom. The Bertz CT molecular complexity index is 1190. The van der Waals surface area contributed by atoms with E-state index >= 15 is 0 Å². The number of hydrogen-bond acceptors (Lipinski definition) is 7. The fraction of sp³-hybridized carbons (Fsp3) is 0.500. The number of aryl methyl sites for hydroxylation is 1. The van der Waals surface area contributed by atoms with Crippen LogP contribution in [0.25, 0.3) is 5.65 Å². The second kappa shape index (κ2) is 9.54. The molecule has 0 aromatic carbocycles. The average Bonchev–Trinajstić information content (AvgIpc) is 3.58. The van der Waals surface area contributed by atoms with E-state index in [9.17, 15) is 9.18 Å². The number of hydrogen-bond donors (Lipinski definition) is 2. The molecule has 0 spiro atoms. The zero-order chi connectivity index (χ0) is 23.7. The molecular weight excluding hydrogens is 437 g/mol. The second-order valence-corrected chi connectivity index (χ2v) is 9.08. The molecule has 0 atom stereocenters. The van der Waals surface area contributed by atoms with E-state index < -0.39 is 11.7 Å². The van der Waals surface area contributed by atoms with Crippen LogP contribution in [0.2, 0.25) is 0 Å². The van der Waals surface area contributed by atoms with Gasteiger partial charge in [0.05, 0.1) is 18.0 Å². The number of rotatable bonds is 8. The van der Waals surface area contributed by atoms with Gasteiger partial charge in [0.25, 0.3) is 5.91 Å². The number of ether oxygens (including phenoxy) is 1. The zero-order valence-electron chi connectivity index (χ0n) is 19.6. The fourth-order valence-electron chi connectivity index (χ4n) is 4.30. The van der Waals surface area contributed by atoms with Gasteiger partial charge < -0.3 is 24.7 Å². The molecule has 180 valence electrons. The summed E-state index contributed by atoms with van der Waals surface area (Å²) < 4.78 is 21.6. The van der Waals surface area contributed by atoms with Gasteiger partial charge in [-0.2, -0.15) is 4.98 Å². The van der Waals surface area contributed by atoms with Crippen molar-refractivity contribution in [3.8, 4) is 5.88 Å². The van der Waals surface area contributed by atoms with Gasteiger partial charge in [0.2, 0.25) is 11.8 Å². The maximum atomic E-state index is 14.4. The summed E-state index contributed by atoms with van der Waals surface area (Å²) >= 11 is 0. The van der Waals surface area contributed by atoms with Crippen LogP contribution in [0.4, 0.5) is 16.0 Å². The van der Waals surface area contributed by atoms with E-state index in [4.69, 9.17) is 4.74 Å². The normalized spacial score (nSPS) is 16.7. The van der Waals surface area contributed by atoms with Gasteiger partial charge in [0, 0.05) is 43.8 Å². The number of nitrogens with one attached hydrogen (secondary N) is 2. The van der Waals surface area contributed by atoms with Crippen molar-refractivity contribution < 1.29 is 13.9 Å². The summed E-state index contributed by atoms with van der Waals surface area (Å²) in [6.45, 7) is 6.80. The maximum absolute atomic E-state index is 14.4. The number of imidazole rings is 1. The van der Waals surface area contributed by atoms with Gasteiger partial charge in [-0.1, -0.05) is 0 Å². The molecule has 3 aromatic heterocycles. The Morgan fingerprint density at radius 1 is 1.21 bits per heavy atom. The average molecular weight is 468 g/mol. The van der Waals surface area contributed by atoms with E-state index in [2.05, 4.69) is 30.5 Å². The highest BCUT2D eigenvalue weighted by Gasteiger charge is 2.26. The van der Waals surface area contributed by atoms with Gasteiger partial charge in [-0.15, -0.1) is 0 Å². The number of anilines is 2. The number of halogens is 1. The Hall–Kier alpha value is -3.27. The molecule has 0 unspecified atom stereocenters. The highest BCUT2D eigenvalue weighted by molar-refractivity contribution is 6.05. The molecule has 1 amide bonds. The molecule has 2 N–H and O–H groups in total. The van der Waals surface area contributed by atoms with Crippen molar-refractivity contribution in [2.75, 3.05) is 36.5 Å². The molecule has 1 saturated carbocycles. The SMILES string of the molecule is CCOc1nc(N2CCC(NCC3CC3)CC2)ncc1C(=O)Nc1cc(F)c2nc(C)cn2c1. The van der Waals surface area contributed by atoms with Crippen LogP contribution in [0.1, 0.15) is 48.7 Å². The number of piperidine rings is 1. The van der Waals surface area contributed by atoms with Crippen molar-refractivity contribution in [1.29, 1.82) is 0 Å². The lowest BCUT2D eigenvalue weighted by molar-refractivity contribution is 0.102. The third-order valence-electron chi connectivity index (χ3n) is 6.32. The summed E-state index contributed by atoms with van der Waals surface area (Å²) in [6, 6.07) is 1.78. The summed E-state index contributed by atoms with van der Waals surface area (Å²) in [5, 5.41) is 6.40. The van der Waals surface area contributed by atoms with Crippen molar-refractivity contribution in [2.24, 2.45) is 5.92 Å². The van der Waals surface area contributed by atoms with Gasteiger partial charge in [-0.25, -0.2) is 14.4 Å². The summed E-state index contributed by atoms with van der Waals surface area (Å²) in [7, 11) is 0. The Kier molecular flexibility index (Phi) is 6.32. The van der Waals surface area contributed by atoms with Crippen molar-refractivity contribution in [3.05, 3.63) is 41.7 Å².